The van der Waals surface area contributed by atoms with E-state index in [1.807, 2.05) is 18.2 Å². The lowest BCUT2D eigenvalue weighted by atomic mass is 9.87. The summed E-state index contributed by atoms with van der Waals surface area (Å²) in [6, 6.07) is 12.4. The van der Waals surface area contributed by atoms with E-state index in [2.05, 4.69) is 15.5 Å². The maximum absolute atomic E-state index is 14.1. The van der Waals surface area contributed by atoms with Gasteiger partial charge in [-0.1, -0.05) is 42.8 Å². The molecule has 0 unspecified atom stereocenters. The number of hydrogen-bond acceptors (Lipinski definition) is 6. The molecule has 1 saturated carbocycles. The summed E-state index contributed by atoms with van der Waals surface area (Å²) >= 11 is 1.29. The summed E-state index contributed by atoms with van der Waals surface area (Å²) < 4.78 is 27.3. The van der Waals surface area contributed by atoms with Crippen LogP contribution in [0.2, 0.25) is 0 Å². The van der Waals surface area contributed by atoms with Crippen molar-refractivity contribution in [3.05, 3.63) is 53.8 Å². The smallest absolute Gasteiger partial charge is 0.231 e. The molecule has 7 nitrogen and oxygen atoms in total. The van der Waals surface area contributed by atoms with Gasteiger partial charge in [-0.05, 0) is 42.7 Å². The average molecular weight is 469 g/mol. The lowest BCUT2D eigenvalue weighted by molar-refractivity contribution is -0.120. The molecule has 1 aliphatic carbocycles. The number of thioether (sulfide) groups is 1. The van der Waals surface area contributed by atoms with E-state index in [1.54, 1.807) is 29.8 Å². The fourth-order valence-electron chi connectivity index (χ4n) is 4.56. The quantitative estimate of drug-likeness (QED) is 0.550. The van der Waals surface area contributed by atoms with E-state index in [1.165, 1.54) is 17.8 Å². The number of aromatic nitrogens is 3. The van der Waals surface area contributed by atoms with Gasteiger partial charge in [-0.2, -0.15) is 0 Å². The fourth-order valence-corrected chi connectivity index (χ4v) is 5.27. The fraction of sp³-hybridized carbons (Fsp3) is 0.375. The zero-order valence-electron chi connectivity index (χ0n) is 18.3. The highest BCUT2D eigenvalue weighted by molar-refractivity contribution is 7.99. The van der Waals surface area contributed by atoms with Gasteiger partial charge in [0.15, 0.2) is 22.5 Å². The van der Waals surface area contributed by atoms with Crippen molar-refractivity contribution in [1.29, 1.82) is 0 Å². The van der Waals surface area contributed by atoms with Gasteiger partial charge < -0.3 is 19.4 Å². The molecule has 1 amide bonds. The second-order valence-electron chi connectivity index (χ2n) is 8.33. The van der Waals surface area contributed by atoms with Crippen molar-refractivity contribution in [2.45, 2.75) is 36.4 Å². The number of amides is 1. The highest BCUT2D eigenvalue weighted by Crippen LogP contribution is 2.42. The molecule has 2 heterocycles. The Morgan fingerprint density at radius 2 is 1.88 bits per heavy atom. The molecule has 0 atom stereocenters. The second-order valence-corrected chi connectivity index (χ2v) is 9.27. The van der Waals surface area contributed by atoms with Crippen molar-refractivity contribution in [1.82, 2.24) is 20.1 Å². The number of carbonyl (C=O) groups excluding carboxylic acids is 1. The van der Waals surface area contributed by atoms with Crippen molar-refractivity contribution in [2.75, 3.05) is 19.0 Å². The van der Waals surface area contributed by atoms with Crippen molar-refractivity contribution in [3.8, 4) is 22.9 Å². The lowest BCUT2D eigenvalue weighted by Gasteiger charge is -2.32. The Hall–Kier alpha value is -3.07. The van der Waals surface area contributed by atoms with E-state index in [0.717, 1.165) is 42.7 Å². The number of fused-ring (bicyclic) bond motifs is 1. The van der Waals surface area contributed by atoms with E-state index in [-0.39, 0.29) is 17.5 Å². The SMILES string of the molecule is Cn1c(SCC(=O)NC2(c3ccc4c(c3)OCCO4)CCCC2)nnc1-c1ccccc1F. The van der Waals surface area contributed by atoms with Gasteiger partial charge in [-0.3, -0.25) is 4.79 Å². The predicted octanol–water partition coefficient (Wildman–Crippen LogP) is 4.07. The van der Waals surface area contributed by atoms with Crippen molar-refractivity contribution < 1.29 is 18.7 Å². The number of rotatable bonds is 6. The standard InChI is InChI=1S/C24H25FN4O3S/c1-29-22(17-6-2-3-7-18(17)25)27-28-23(29)33-15-21(30)26-24(10-4-5-11-24)16-8-9-19-20(14-16)32-13-12-31-19/h2-3,6-9,14H,4-5,10-13,15H2,1H3,(H,26,30). The molecule has 0 bridgehead atoms. The minimum absolute atomic E-state index is 0.0766. The largest absolute Gasteiger partial charge is 0.486 e. The highest BCUT2D eigenvalue weighted by atomic mass is 32.2. The Balaban J connectivity index is 1.29. The van der Waals surface area contributed by atoms with Crippen molar-refractivity contribution >= 4 is 17.7 Å². The number of hydrogen-bond donors (Lipinski definition) is 1. The molecule has 0 saturated heterocycles. The summed E-state index contributed by atoms with van der Waals surface area (Å²) in [6.45, 7) is 1.07. The van der Waals surface area contributed by atoms with Crippen molar-refractivity contribution in [3.63, 3.8) is 0 Å². The lowest BCUT2D eigenvalue weighted by Crippen LogP contribution is -2.44. The number of benzene rings is 2. The van der Waals surface area contributed by atoms with Crippen LogP contribution in [-0.4, -0.2) is 39.6 Å². The molecule has 1 fully saturated rings. The Kier molecular flexibility index (Phi) is 5.97. The molecule has 9 heteroatoms. The Labute approximate surface area is 195 Å². The maximum Gasteiger partial charge on any atom is 0.231 e. The zero-order valence-corrected chi connectivity index (χ0v) is 19.2. The summed E-state index contributed by atoms with van der Waals surface area (Å²) in [5.41, 5.74) is 1.02. The molecule has 172 valence electrons. The van der Waals surface area contributed by atoms with E-state index in [0.29, 0.717) is 29.8 Å². The van der Waals surface area contributed by atoms with Crippen LogP contribution in [0.3, 0.4) is 0 Å². The number of nitrogens with one attached hydrogen (secondary N) is 1. The molecule has 33 heavy (non-hydrogen) atoms. The van der Waals surface area contributed by atoms with Crippen LogP contribution in [0.5, 0.6) is 11.5 Å². The average Bonchev–Trinajstić information content (AvgIpc) is 3.45. The second kappa shape index (κ2) is 9.05. The van der Waals surface area contributed by atoms with Gasteiger partial charge in [0.25, 0.3) is 0 Å². The number of halogens is 1. The monoisotopic (exact) mass is 468 g/mol. The first-order valence-electron chi connectivity index (χ1n) is 11.0. The van der Waals surface area contributed by atoms with Crippen molar-refractivity contribution in [2.24, 2.45) is 7.05 Å². The molecule has 3 aromatic rings. The topological polar surface area (TPSA) is 78.3 Å². The molecule has 2 aliphatic rings. The first kappa shape index (κ1) is 21.8. The van der Waals surface area contributed by atoms with Crippen LogP contribution in [0.4, 0.5) is 4.39 Å². The summed E-state index contributed by atoms with van der Waals surface area (Å²) in [4.78, 5) is 13.0. The molecule has 1 aliphatic heterocycles. The minimum atomic E-state index is -0.411. The highest BCUT2D eigenvalue weighted by Gasteiger charge is 2.38. The summed E-state index contributed by atoms with van der Waals surface area (Å²) in [5, 5.41) is 12.1. The van der Waals surface area contributed by atoms with Crippen LogP contribution in [0.25, 0.3) is 11.4 Å². The maximum atomic E-state index is 14.1. The van der Waals surface area contributed by atoms with Gasteiger partial charge >= 0.3 is 0 Å². The van der Waals surface area contributed by atoms with Crippen LogP contribution in [0.15, 0.2) is 47.6 Å². The summed E-state index contributed by atoms with van der Waals surface area (Å²) in [6.07, 6.45) is 3.86. The van der Waals surface area contributed by atoms with Gasteiger partial charge in [-0.15, -0.1) is 10.2 Å². The van der Waals surface area contributed by atoms with E-state index in [4.69, 9.17) is 9.47 Å². The third-order valence-corrected chi connectivity index (χ3v) is 7.23. The molecule has 1 aromatic heterocycles. The van der Waals surface area contributed by atoms with Crippen LogP contribution in [0, 0.1) is 5.82 Å². The van der Waals surface area contributed by atoms with Gasteiger partial charge in [0.05, 0.1) is 16.9 Å². The Bertz CT molecular complexity index is 1180. The van der Waals surface area contributed by atoms with Crippen LogP contribution in [-0.2, 0) is 17.4 Å². The van der Waals surface area contributed by atoms with Gasteiger partial charge in [0.1, 0.15) is 19.0 Å². The minimum Gasteiger partial charge on any atom is -0.486 e. The zero-order chi connectivity index (χ0) is 22.8. The number of carbonyl (C=O) groups is 1. The third kappa shape index (κ3) is 4.29. The predicted molar refractivity (Wildman–Crippen MR) is 123 cm³/mol. The number of ether oxygens (including phenoxy) is 2. The summed E-state index contributed by atoms with van der Waals surface area (Å²) in [5.74, 6) is 1.66. The third-order valence-electron chi connectivity index (χ3n) is 6.21. The van der Waals surface area contributed by atoms with Crippen LogP contribution >= 0.6 is 11.8 Å². The van der Waals surface area contributed by atoms with Crippen LogP contribution in [0.1, 0.15) is 31.2 Å². The molecular weight excluding hydrogens is 443 g/mol. The van der Waals surface area contributed by atoms with Crippen LogP contribution < -0.4 is 14.8 Å². The summed E-state index contributed by atoms with van der Waals surface area (Å²) in [7, 11) is 1.77. The van der Waals surface area contributed by atoms with Gasteiger partial charge in [0, 0.05) is 7.05 Å². The first-order valence-corrected chi connectivity index (χ1v) is 12.0. The molecule has 0 radical (unpaired) electrons. The number of nitrogens with zero attached hydrogens (tertiary/aromatic N) is 3. The molecule has 0 spiro atoms. The van der Waals surface area contributed by atoms with E-state index < -0.39 is 5.54 Å². The molecular formula is C24H25FN4O3S. The normalized spacial score (nSPS) is 16.5. The Morgan fingerprint density at radius 1 is 1.12 bits per heavy atom. The molecule has 5 rings (SSSR count). The molecule has 2 aromatic carbocycles. The molecule has 1 N–H and O–H groups in total. The van der Waals surface area contributed by atoms with E-state index >= 15 is 0 Å². The Morgan fingerprint density at radius 3 is 2.67 bits per heavy atom. The first-order chi connectivity index (χ1) is 16.1. The van der Waals surface area contributed by atoms with Gasteiger partial charge in [-0.25, -0.2) is 4.39 Å². The van der Waals surface area contributed by atoms with Gasteiger partial charge in [0.2, 0.25) is 5.91 Å². The van der Waals surface area contributed by atoms with E-state index in [9.17, 15) is 9.18 Å².